The first-order chi connectivity index (χ1) is 14.0. The maximum Gasteiger partial charge on any atom is 0.239 e. The molecule has 3 fully saturated rings. The van der Waals surface area contributed by atoms with Crippen molar-refractivity contribution in [1.29, 1.82) is 0 Å². The molecule has 0 bridgehead atoms. The molecule has 5 nitrogen and oxygen atoms in total. The molecule has 4 atom stereocenters. The Hall–Kier alpha value is -2.57. The highest BCUT2D eigenvalue weighted by Crippen LogP contribution is 2.48. The average Bonchev–Trinajstić information content (AvgIpc) is 3.35. The number of anilines is 1. The zero-order valence-corrected chi connectivity index (χ0v) is 16.2. The second-order valence-corrected chi connectivity index (χ2v) is 8.24. The third-order valence-corrected chi connectivity index (χ3v) is 6.59. The molecule has 0 spiro atoms. The average molecular weight is 413 g/mol. The molecule has 148 valence electrons. The summed E-state index contributed by atoms with van der Waals surface area (Å²) in [5.74, 6) is -2.52. The number of hydrogen-bond donors (Lipinski definition) is 0. The van der Waals surface area contributed by atoms with Crippen LogP contribution in [0, 0.1) is 17.7 Å². The summed E-state index contributed by atoms with van der Waals surface area (Å²) in [6.07, 6.45) is 1.66. The lowest BCUT2D eigenvalue weighted by molar-refractivity contribution is -0.123. The zero-order valence-electron chi connectivity index (χ0n) is 15.4. The highest BCUT2D eigenvalue weighted by Gasteiger charge is 2.64. The molecule has 0 aliphatic carbocycles. The van der Waals surface area contributed by atoms with Crippen molar-refractivity contribution in [2.24, 2.45) is 11.8 Å². The number of Topliss-reactive ketones (excluding diaryl/α,β-unsaturated/α-hetero) is 1. The van der Waals surface area contributed by atoms with E-state index in [1.165, 1.54) is 29.2 Å². The summed E-state index contributed by atoms with van der Waals surface area (Å²) < 4.78 is 13.3. The van der Waals surface area contributed by atoms with Gasteiger partial charge in [0.1, 0.15) is 5.82 Å². The number of fused-ring (bicyclic) bond motifs is 3. The van der Waals surface area contributed by atoms with Gasteiger partial charge in [-0.1, -0.05) is 11.6 Å². The van der Waals surface area contributed by atoms with Crippen LogP contribution in [0.1, 0.15) is 23.2 Å². The standard InChI is InChI=1S/C22H18ClFN2O3/c23-13-5-9-15(10-6-13)26-21(28)17-16-2-1-11-25(16)19(18(17)22(26)29)20(27)12-3-7-14(24)8-4-12/h3-10,16-19H,1-2,11H2/t16-,17-,18+,19-/m1/s1. The van der Waals surface area contributed by atoms with Crippen LogP contribution in [-0.2, 0) is 9.59 Å². The Morgan fingerprint density at radius 3 is 2.31 bits per heavy atom. The van der Waals surface area contributed by atoms with E-state index in [1.54, 1.807) is 24.3 Å². The number of rotatable bonds is 3. The van der Waals surface area contributed by atoms with Gasteiger partial charge in [0.15, 0.2) is 5.78 Å². The Kier molecular flexibility index (Phi) is 4.29. The van der Waals surface area contributed by atoms with Crippen molar-refractivity contribution in [3.05, 3.63) is 64.9 Å². The summed E-state index contributed by atoms with van der Waals surface area (Å²) in [4.78, 5) is 43.1. The smallest absolute Gasteiger partial charge is 0.239 e. The number of amides is 2. The van der Waals surface area contributed by atoms with Crippen molar-refractivity contribution in [1.82, 2.24) is 4.90 Å². The Bertz CT molecular complexity index is 1010. The van der Waals surface area contributed by atoms with Crippen LogP contribution >= 0.6 is 11.6 Å². The summed E-state index contributed by atoms with van der Waals surface area (Å²) in [5, 5.41) is 0.513. The molecule has 3 aliphatic heterocycles. The van der Waals surface area contributed by atoms with Crippen LogP contribution < -0.4 is 4.90 Å². The quantitative estimate of drug-likeness (QED) is 0.573. The van der Waals surface area contributed by atoms with E-state index in [1.807, 2.05) is 4.90 Å². The molecule has 29 heavy (non-hydrogen) atoms. The van der Waals surface area contributed by atoms with E-state index in [-0.39, 0.29) is 23.6 Å². The van der Waals surface area contributed by atoms with E-state index in [2.05, 4.69) is 0 Å². The van der Waals surface area contributed by atoms with E-state index in [9.17, 15) is 18.8 Å². The fraction of sp³-hybridized carbons (Fsp3) is 0.318. The molecule has 5 rings (SSSR count). The maximum atomic E-state index is 13.3. The number of nitrogens with zero attached hydrogens (tertiary/aromatic N) is 2. The summed E-state index contributed by atoms with van der Waals surface area (Å²) in [7, 11) is 0. The van der Waals surface area contributed by atoms with Crippen molar-refractivity contribution in [3.8, 4) is 0 Å². The molecule has 2 amide bonds. The Balaban J connectivity index is 1.54. The first-order valence-electron chi connectivity index (χ1n) is 9.66. The molecular weight excluding hydrogens is 395 g/mol. The fourth-order valence-corrected chi connectivity index (χ4v) is 5.27. The van der Waals surface area contributed by atoms with Gasteiger partial charge in [-0.25, -0.2) is 9.29 Å². The van der Waals surface area contributed by atoms with Crippen molar-refractivity contribution >= 4 is 34.9 Å². The predicted molar refractivity (Wildman–Crippen MR) is 105 cm³/mol. The zero-order chi connectivity index (χ0) is 20.3. The van der Waals surface area contributed by atoms with Crippen LogP contribution in [0.25, 0.3) is 0 Å². The summed E-state index contributed by atoms with van der Waals surface area (Å²) >= 11 is 5.94. The first-order valence-corrected chi connectivity index (χ1v) is 10.0. The topological polar surface area (TPSA) is 57.7 Å². The van der Waals surface area contributed by atoms with Gasteiger partial charge in [0.05, 0.1) is 23.6 Å². The first kappa shape index (κ1) is 18.5. The van der Waals surface area contributed by atoms with Gasteiger partial charge < -0.3 is 0 Å². The third kappa shape index (κ3) is 2.74. The fourth-order valence-electron chi connectivity index (χ4n) is 5.14. The Labute approximate surface area is 172 Å². The second-order valence-electron chi connectivity index (χ2n) is 7.80. The summed E-state index contributed by atoms with van der Waals surface area (Å²) in [6.45, 7) is 0.677. The molecular formula is C22H18ClFN2O3. The highest BCUT2D eigenvalue weighted by atomic mass is 35.5. The van der Waals surface area contributed by atoms with E-state index in [4.69, 9.17) is 11.6 Å². The maximum absolute atomic E-state index is 13.3. The summed E-state index contributed by atoms with van der Waals surface area (Å²) in [5.41, 5.74) is 0.823. The summed E-state index contributed by atoms with van der Waals surface area (Å²) in [6, 6.07) is 11.1. The number of halogens is 2. The van der Waals surface area contributed by atoms with Crippen LogP contribution in [0.3, 0.4) is 0 Å². The SMILES string of the molecule is O=C(c1ccc(F)cc1)[C@H]1[C@H]2C(=O)N(c3ccc(Cl)cc3)C(=O)[C@@H]2[C@H]2CCCN21. The Morgan fingerprint density at radius 2 is 1.62 bits per heavy atom. The second kappa shape index (κ2) is 6.75. The minimum Gasteiger partial charge on any atom is -0.292 e. The molecule has 0 aromatic heterocycles. The monoisotopic (exact) mass is 412 g/mol. The van der Waals surface area contributed by atoms with Crippen LogP contribution in [0.4, 0.5) is 10.1 Å². The molecule has 7 heteroatoms. The van der Waals surface area contributed by atoms with Crippen LogP contribution in [0.5, 0.6) is 0 Å². The van der Waals surface area contributed by atoms with Gasteiger partial charge in [0, 0.05) is 16.6 Å². The van der Waals surface area contributed by atoms with E-state index in [0.29, 0.717) is 22.8 Å². The highest BCUT2D eigenvalue weighted by molar-refractivity contribution is 6.31. The Morgan fingerprint density at radius 1 is 0.966 bits per heavy atom. The number of ketones is 1. The van der Waals surface area contributed by atoms with Gasteiger partial charge in [-0.2, -0.15) is 0 Å². The van der Waals surface area contributed by atoms with Crippen molar-refractivity contribution < 1.29 is 18.8 Å². The predicted octanol–water partition coefficient (Wildman–Crippen LogP) is 3.31. The van der Waals surface area contributed by atoms with Gasteiger partial charge in [-0.15, -0.1) is 0 Å². The van der Waals surface area contributed by atoms with E-state index >= 15 is 0 Å². The van der Waals surface area contributed by atoms with Crippen molar-refractivity contribution in [2.45, 2.75) is 24.9 Å². The molecule has 3 heterocycles. The molecule has 0 unspecified atom stereocenters. The van der Waals surface area contributed by atoms with Crippen LogP contribution in [-0.4, -0.2) is 41.1 Å². The molecule has 0 radical (unpaired) electrons. The minimum absolute atomic E-state index is 0.122. The lowest BCUT2D eigenvalue weighted by Crippen LogP contribution is -2.46. The van der Waals surface area contributed by atoms with E-state index < -0.39 is 23.7 Å². The molecule has 0 saturated carbocycles. The number of carbonyl (C=O) groups is 3. The van der Waals surface area contributed by atoms with Gasteiger partial charge >= 0.3 is 0 Å². The van der Waals surface area contributed by atoms with Gasteiger partial charge in [0.25, 0.3) is 0 Å². The molecule has 2 aromatic rings. The number of imide groups is 1. The van der Waals surface area contributed by atoms with Gasteiger partial charge in [0.2, 0.25) is 11.8 Å². The van der Waals surface area contributed by atoms with E-state index in [0.717, 1.165) is 12.8 Å². The number of benzene rings is 2. The lowest BCUT2D eigenvalue weighted by atomic mass is 9.85. The van der Waals surface area contributed by atoms with Crippen molar-refractivity contribution in [2.75, 3.05) is 11.4 Å². The van der Waals surface area contributed by atoms with Gasteiger partial charge in [-0.3, -0.25) is 19.3 Å². The van der Waals surface area contributed by atoms with Crippen molar-refractivity contribution in [3.63, 3.8) is 0 Å². The molecule has 2 aromatic carbocycles. The lowest BCUT2D eigenvalue weighted by Gasteiger charge is -2.27. The van der Waals surface area contributed by atoms with Gasteiger partial charge in [-0.05, 0) is 67.9 Å². The van der Waals surface area contributed by atoms with Crippen LogP contribution in [0.2, 0.25) is 5.02 Å². The molecule has 3 saturated heterocycles. The number of hydrogen-bond acceptors (Lipinski definition) is 4. The largest absolute Gasteiger partial charge is 0.292 e. The minimum atomic E-state index is -0.721. The normalized spacial score (nSPS) is 28.7. The molecule has 3 aliphatic rings. The molecule has 0 N–H and O–H groups in total. The number of carbonyl (C=O) groups excluding carboxylic acids is 3. The third-order valence-electron chi connectivity index (χ3n) is 6.33. The van der Waals surface area contributed by atoms with Crippen LogP contribution in [0.15, 0.2) is 48.5 Å².